The van der Waals surface area contributed by atoms with Gasteiger partial charge in [-0.3, -0.25) is 0 Å². The quantitative estimate of drug-likeness (QED) is 0.203. The summed E-state index contributed by atoms with van der Waals surface area (Å²) >= 11 is -25.2. The molecular weight excluding hydrogens is 1050 g/mol. The van der Waals surface area contributed by atoms with Crippen molar-refractivity contribution in [1.82, 2.24) is 0 Å². The first-order valence-corrected chi connectivity index (χ1v) is 19.4. The maximum atomic E-state index is 8.60. The zero-order valence-corrected chi connectivity index (χ0v) is 30.4. The Morgan fingerprint density at radius 2 is 0.308 bits per heavy atom. The number of hydrogen-bond donors (Lipinski definition) is 0. The fourth-order valence-electron chi connectivity index (χ4n) is 0. The van der Waals surface area contributed by atoms with E-state index in [1.165, 1.54) is 0 Å². The van der Waals surface area contributed by atoms with Crippen molar-refractivity contribution in [2.45, 2.75) is 0 Å². The molecule has 0 rings (SSSR count). The van der Waals surface area contributed by atoms with Gasteiger partial charge in [0.05, 0.1) is 0 Å². The maximum absolute atomic E-state index is 8.60. The Morgan fingerprint density at radius 1 is 0.308 bits per heavy atom. The number of hydrogen-bond acceptors (Lipinski definition) is 18. The molecule has 0 aromatic heterocycles. The Kier molecular flexibility index (Phi) is 93.3. The number of rotatable bonds is 0. The van der Waals surface area contributed by atoms with E-state index >= 15 is 0 Å². The van der Waals surface area contributed by atoms with Crippen molar-refractivity contribution in [3.05, 3.63) is 0 Å². The van der Waals surface area contributed by atoms with Crippen LogP contribution in [0, 0.1) is 35.6 Å². The molecule has 0 atom stereocenters. The summed E-state index contributed by atoms with van der Waals surface area (Å²) in [7, 11) is 0. The normalized spacial score (nSPS) is 5.77. The van der Waals surface area contributed by atoms with Crippen molar-refractivity contribution in [2.24, 2.45) is 0 Å². The Hall–Kier alpha value is 3.63. The second kappa shape index (κ2) is 46.7. The van der Waals surface area contributed by atoms with Crippen LogP contribution in [0.4, 0.5) is 0 Å². The molecule has 0 spiro atoms. The molecule has 0 unspecified atom stereocenters. The Balaban J connectivity index is -0.0000000245. The molecule has 0 aromatic carbocycles. The zero-order chi connectivity index (χ0) is 21.5. The van der Waals surface area contributed by atoms with Gasteiger partial charge in [0, 0.05) is 0 Å². The van der Waals surface area contributed by atoms with Crippen LogP contribution in [0.1, 0.15) is 0 Å². The summed E-state index contributed by atoms with van der Waals surface area (Å²) in [6.45, 7) is 0. The minimum atomic E-state index is -4.20. The molecule has 0 radical (unpaired) electrons. The molecule has 144 valence electrons. The van der Waals surface area contributed by atoms with Crippen molar-refractivity contribution in [2.75, 3.05) is 0 Å². The first-order valence-electron chi connectivity index (χ1n) is 3.29. The second-order valence-electron chi connectivity index (χ2n) is 1.34. The van der Waals surface area contributed by atoms with Gasteiger partial charge in [-0.1, -0.05) is 0 Å². The molecule has 0 bridgehead atoms. The Labute approximate surface area is 224 Å². The minimum absolute atomic E-state index is 0. The van der Waals surface area contributed by atoms with E-state index in [0.717, 1.165) is 0 Å². The van der Waals surface area contributed by atoms with Gasteiger partial charge in [-0.25, -0.2) is 0 Å². The fraction of sp³-hybridized carbons (Fsp3) is 0. The van der Waals surface area contributed by atoms with Crippen LogP contribution in [0.25, 0.3) is 0 Å². The topological polar surface area (TPSA) is 343 Å². The first kappa shape index (κ1) is 51.9. The molecule has 26 heteroatoms. The summed E-state index contributed by atoms with van der Waals surface area (Å²) < 4.78 is 155. The first-order chi connectivity index (χ1) is 10.4. The van der Waals surface area contributed by atoms with Gasteiger partial charge < -0.3 is 0 Å². The van der Waals surface area contributed by atoms with E-state index in [0.29, 0.717) is 0 Å². The Bertz CT molecular complexity index is 477. The van der Waals surface area contributed by atoms with Gasteiger partial charge in [0.15, 0.2) is 0 Å². The van der Waals surface area contributed by atoms with Gasteiger partial charge in [0.25, 0.3) is 0 Å². The van der Waals surface area contributed by atoms with E-state index in [4.69, 9.17) is 60.7 Å². The molecule has 0 aliphatic heterocycles. The predicted octanol–water partition coefficient (Wildman–Crippen LogP) is -8.96. The van der Waals surface area contributed by atoms with Crippen molar-refractivity contribution in [1.29, 1.82) is 0 Å². The van der Waals surface area contributed by atoms with Crippen LogP contribution in [0.5, 0.6) is 0 Å². The summed E-state index contributed by atoms with van der Waals surface area (Å²) in [5, 5.41) is 0. The third-order valence-corrected chi connectivity index (χ3v) is 0. The summed E-state index contributed by atoms with van der Waals surface area (Å²) in [6, 6.07) is 0. The van der Waals surface area contributed by atoms with Gasteiger partial charge in [-0.2, -0.15) is 0 Å². The Morgan fingerprint density at radius 3 is 0.308 bits per heavy atom. The monoisotopic (exact) mass is 1050 g/mol. The molecule has 0 saturated heterocycles. The van der Waals surface area contributed by atoms with Crippen LogP contribution in [0.15, 0.2) is 0 Å². The molecule has 0 saturated carbocycles. The van der Waals surface area contributed by atoms with Crippen molar-refractivity contribution >= 4 is 19.8 Å². The average molecular weight is 1050 g/mol. The molecule has 0 aliphatic rings. The van der Waals surface area contributed by atoms with Crippen molar-refractivity contribution in [3.8, 4) is 0 Å². The molecule has 0 heterocycles. The van der Waals surface area contributed by atoms with Crippen LogP contribution >= 0.6 is 0 Å². The van der Waals surface area contributed by atoms with Gasteiger partial charge in [0.2, 0.25) is 0 Å². The summed E-state index contributed by atoms with van der Waals surface area (Å²) in [5.74, 6) is 0. The fourth-order valence-corrected chi connectivity index (χ4v) is 0. The van der Waals surface area contributed by atoms with E-state index in [1.807, 2.05) is 0 Å². The predicted molar refractivity (Wildman–Crippen MR) is 14.0 cm³/mol. The SMILES string of the molecule is [Ga+3].[La+3].[O]=[Nb](=[O])[O-].[O]=[Nb](=[O])[O-].[O]=[Nb](=[O])[O-].[O]=[Nb](=[O])[O-].[O]=[Nb](=[O])[O-].[O]=[Nb](=[O])[O-]. The molecule has 0 aliphatic carbocycles. The molecular formula is GaLaNb6O18. The van der Waals surface area contributed by atoms with Gasteiger partial charge >= 0.3 is 229 Å². The summed E-state index contributed by atoms with van der Waals surface area (Å²) in [4.78, 5) is 0. The molecule has 0 N–H and O–H groups in total. The molecule has 0 amide bonds. The van der Waals surface area contributed by atoms with Gasteiger partial charge in [-0.15, -0.1) is 0 Å². The van der Waals surface area contributed by atoms with Crippen molar-refractivity contribution < 1.29 is 209 Å². The second-order valence-corrected chi connectivity index (χ2v) is 7.94. The van der Waals surface area contributed by atoms with Crippen LogP contribution in [0.3, 0.4) is 0 Å². The third-order valence-electron chi connectivity index (χ3n) is 0. The molecule has 26 heavy (non-hydrogen) atoms. The van der Waals surface area contributed by atoms with Gasteiger partial charge in [0.1, 0.15) is 0 Å². The van der Waals surface area contributed by atoms with Crippen molar-refractivity contribution in [3.63, 3.8) is 0 Å². The molecule has 18 nitrogen and oxygen atoms in total. The van der Waals surface area contributed by atoms with Crippen LogP contribution in [-0.2, 0) is 152 Å². The summed E-state index contributed by atoms with van der Waals surface area (Å²) in [5.41, 5.74) is 0. The van der Waals surface area contributed by atoms with Crippen LogP contribution in [0.2, 0.25) is 0 Å². The van der Waals surface area contributed by atoms with E-state index in [1.54, 1.807) is 0 Å². The third kappa shape index (κ3) is 1490. The van der Waals surface area contributed by atoms with E-state index in [-0.39, 0.29) is 55.4 Å². The van der Waals surface area contributed by atoms with E-state index < -0.39 is 113 Å². The van der Waals surface area contributed by atoms with E-state index in [2.05, 4.69) is 0 Å². The molecule has 0 aromatic rings. The van der Waals surface area contributed by atoms with Crippen LogP contribution in [-0.4, -0.2) is 19.8 Å². The van der Waals surface area contributed by atoms with Crippen LogP contribution < -0.4 is 21.7 Å². The van der Waals surface area contributed by atoms with Gasteiger partial charge in [-0.05, 0) is 0 Å². The zero-order valence-electron chi connectivity index (χ0n) is 11.2. The standard InChI is InChI=1S/Ga.La.6Nb.18O/q2*+3;;;;;;;;;;;;;;;;;;;6*-1. The molecule has 0 fully saturated rings. The average Bonchev–Trinajstić information content (AvgIpc) is 2.08. The summed E-state index contributed by atoms with van der Waals surface area (Å²) in [6.07, 6.45) is 0. The van der Waals surface area contributed by atoms with E-state index in [9.17, 15) is 0 Å².